The first kappa shape index (κ1) is 51.5. The number of terminal acetylenes is 3. The molecule has 0 fully saturated rings. The minimum atomic E-state index is -3.35. The van der Waals surface area contributed by atoms with Gasteiger partial charge in [0.2, 0.25) is 17.7 Å². The number of carbonyl (C=O) groups excluding carboxylic acids is 4. The minimum absolute atomic E-state index is 0.0461. The van der Waals surface area contributed by atoms with Crippen LogP contribution in [0.2, 0.25) is 0 Å². The molecule has 0 heterocycles. The molecule has 1 aromatic rings. The van der Waals surface area contributed by atoms with E-state index in [0.717, 1.165) is 0 Å². The lowest BCUT2D eigenvalue weighted by Crippen LogP contribution is -2.50. The maximum Gasteiger partial charge on any atom is 0.375 e. The zero-order valence-corrected chi connectivity index (χ0v) is 34.5. The first-order valence-corrected chi connectivity index (χ1v) is 20.8. The average molecular weight is 835 g/mol. The molecule has 0 aromatic heterocycles. The third-order valence-corrected chi connectivity index (χ3v) is 9.17. The lowest BCUT2D eigenvalue weighted by molar-refractivity contribution is -0.121. The van der Waals surface area contributed by atoms with Gasteiger partial charge in [-0.1, -0.05) is 17.8 Å². The summed E-state index contributed by atoms with van der Waals surface area (Å²) in [4.78, 5) is 53.0. The van der Waals surface area contributed by atoms with Gasteiger partial charge in [-0.25, -0.2) is 4.57 Å². The Labute approximate surface area is 342 Å². The van der Waals surface area contributed by atoms with E-state index in [1.54, 1.807) is 0 Å². The van der Waals surface area contributed by atoms with E-state index < -0.39 is 19.0 Å². The van der Waals surface area contributed by atoms with Crippen molar-refractivity contribution in [2.75, 3.05) is 113 Å². The maximum absolute atomic E-state index is 13.8. The summed E-state index contributed by atoms with van der Waals surface area (Å²) < 4.78 is 54.4. The van der Waals surface area contributed by atoms with Gasteiger partial charge in [0.15, 0.2) is 0 Å². The molecule has 1 unspecified atom stereocenters. The lowest BCUT2D eigenvalue weighted by Gasteiger charge is -2.35. The van der Waals surface area contributed by atoms with Crippen LogP contribution >= 0.6 is 7.60 Å². The number of rotatable bonds is 35. The van der Waals surface area contributed by atoms with Crippen LogP contribution in [-0.4, -0.2) is 142 Å². The van der Waals surface area contributed by atoms with Crippen molar-refractivity contribution >= 4 is 31.2 Å². The Kier molecular flexibility index (Phi) is 28.9. The highest BCUT2D eigenvalue weighted by molar-refractivity contribution is 7.53. The summed E-state index contributed by atoms with van der Waals surface area (Å²) in [6.07, 6.45) is 15.6. The molecule has 1 atom stereocenters. The lowest BCUT2D eigenvalue weighted by atomic mass is 9.82. The molecule has 18 heteroatoms. The van der Waals surface area contributed by atoms with E-state index in [1.807, 2.05) is 0 Å². The topological polar surface area (TPSA) is 207 Å². The molecular weight excluding hydrogens is 775 g/mol. The predicted molar refractivity (Wildman–Crippen MR) is 216 cm³/mol. The van der Waals surface area contributed by atoms with Crippen molar-refractivity contribution in [2.45, 2.75) is 44.1 Å². The average Bonchev–Trinajstić information content (AvgIpc) is 3.21. The number of benzene rings is 1. The van der Waals surface area contributed by atoms with Crippen LogP contribution in [0.15, 0.2) is 24.3 Å². The third kappa shape index (κ3) is 26.4. The van der Waals surface area contributed by atoms with Gasteiger partial charge >= 0.3 is 7.60 Å². The molecule has 1 rings (SSSR count). The molecule has 0 aliphatic carbocycles. The van der Waals surface area contributed by atoms with E-state index in [0.29, 0.717) is 39.6 Å². The molecule has 0 saturated carbocycles. The molecule has 58 heavy (non-hydrogen) atoms. The van der Waals surface area contributed by atoms with Crippen LogP contribution in [0.4, 0.5) is 0 Å². The Balaban J connectivity index is 3.11. The number of amides is 4. The number of carbonyl (C=O) groups is 4. The van der Waals surface area contributed by atoms with Crippen LogP contribution in [0.1, 0.15) is 48.9 Å². The SMILES string of the molecule is C#CCOCCOCCNC(=O)CCC(CCC(=O)NCCOCCOCC#C)(CCC(=O)NCCOCCOCC#C)NC(=O)c1ccc(OP(C)(=O)OC)cc1. The maximum atomic E-state index is 13.8. The van der Waals surface area contributed by atoms with Gasteiger partial charge in [0.25, 0.3) is 5.91 Å². The molecule has 0 aliphatic heterocycles. The highest BCUT2D eigenvalue weighted by atomic mass is 31.2. The van der Waals surface area contributed by atoms with Gasteiger partial charge in [-0.05, 0) is 43.5 Å². The van der Waals surface area contributed by atoms with Crippen LogP contribution in [0.25, 0.3) is 0 Å². The van der Waals surface area contributed by atoms with Crippen molar-refractivity contribution in [1.82, 2.24) is 21.3 Å². The second kappa shape index (κ2) is 32.5. The van der Waals surface area contributed by atoms with Gasteiger partial charge in [-0.2, -0.15) is 0 Å². The zero-order chi connectivity index (χ0) is 42.7. The van der Waals surface area contributed by atoms with Gasteiger partial charge in [-0.15, -0.1) is 19.3 Å². The van der Waals surface area contributed by atoms with E-state index in [2.05, 4.69) is 39.0 Å². The van der Waals surface area contributed by atoms with Crippen molar-refractivity contribution in [3.63, 3.8) is 0 Å². The number of nitrogens with one attached hydrogen (secondary N) is 4. The number of ether oxygens (including phenoxy) is 6. The monoisotopic (exact) mass is 834 g/mol. The Bertz CT molecular complexity index is 1410. The van der Waals surface area contributed by atoms with E-state index in [9.17, 15) is 23.7 Å². The van der Waals surface area contributed by atoms with Crippen LogP contribution in [0.3, 0.4) is 0 Å². The molecule has 0 bridgehead atoms. The van der Waals surface area contributed by atoms with E-state index in [1.165, 1.54) is 38.0 Å². The second-order valence-corrected chi connectivity index (χ2v) is 14.6. The molecule has 0 spiro atoms. The Morgan fingerprint density at radius 2 is 0.966 bits per heavy atom. The molecule has 4 amide bonds. The third-order valence-electron chi connectivity index (χ3n) is 7.97. The van der Waals surface area contributed by atoms with Gasteiger partial charge in [0.05, 0.1) is 59.5 Å². The first-order valence-electron chi connectivity index (χ1n) is 18.8. The molecule has 322 valence electrons. The van der Waals surface area contributed by atoms with Crippen molar-refractivity contribution in [2.24, 2.45) is 0 Å². The fourth-order valence-corrected chi connectivity index (χ4v) is 5.52. The largest absolute Gasteiger partial charge is 0.425 e. The Morgan fingerprint density at radius 3 is 1.31 bits per heavy atom. The zero-order valence-electron chi connectivity index (χ0n) is 33.6. The highest BCUT2D eigenvalue weighted by Crippen LogP contribution is 2.43. The Hall–Kier alpha value is -4.47. The summed E-state index contributed by atoms with van der Waals surface area (Å²) in [7, 11) is -2.09. The van der Waals surface area contributed by atoms with Crippen LogP contribution in [0.5, 0.6) is 5.75 Å². The van der Waals surface area contributed by atoms with Crippen molar-refractivity contribution < 1.29 is 61.2 Å². The van der Waals surface area contributed by atoms with E-state index in [4.69, 9.17) is 56.7 Å². The molecular formula is C40H59N4O13P. The van der Waals surface area contributed by atoms with Gasteiger partial charge < -0.3 is 58.7 Å². The van der Waals surface area contributed by atoms with Crippen molar-refractivity contribution in [3.05, 3.63) is 29.8 Å². The second-order valence-electron chi connectivity index (χ2n) is 12.5. The smallest absolute Gasteiger partial charge is 0.375 e. The number of hydrogen-bond donors (Lipinski definition) is 4. The standard InChI is InChI=1S/C40H59N4O13P/c1-6-22-51-28-31-54-25-19-41-36(45)13-16-40(17-14-37(46)42-20-26-55-32-29-52-23-7-2,18-15-38(47)43-21-27-56-33-30-53-24-8-3)44-39(48)34-9-11-35(12-10-34)57-58(5,49)50-4/h1-3,9-12H,13-33H2,4-5H3,(H,41,45)(H,42,46)(H,43,47)(H,44,48). The van der Waals surface area contributed by atoms with Gasteiger partial charge in [0, 0.05) is 63.8 Å². The van der Waals surface area contributed by atoms with E-state index in [-0.39, 0.29) is 127 Å². The van der Waals surface area contributed by atoms with Crippen LogP contribution in [0, 0.1) is 37.0 Å². The summed E-state index contributed by atoms with van der Waals surface area (Å²) in [6, 6.07) is 5.89. The predicted octanol–water partition coefficient (Wildman–Crippen LogP) is 1.69. The minimum Gasteiger partial charge on any atom is -0.425 e. The van der Waals surface area contributed by atoms with E-state index >= 15 is 0 Å². The van der Waals surface area contributed by atoms with Crippen LogP contribution in [-0.2, 0) is 51.9 Å². The summed E-state index contributed by atoms with van der Waals surface area (Å²) in [5.41, 5.74) is -0.984. The molecule has 17 nitrogen and oxygen atoms in total. The molecule has 0 saturated heterocycles. The quantitative estimate of drug-likeness (QED) is 0.0437. The van der Waals surface area contributed by atoms with Gasteiger partial charge in [0.1, 0.15) is 25.6 Å². The summed E-state index contributed by atoms with van der Waals surface area (Å²) in [6.45, 7) is 5.02. The molecule has 4 N–H and O–H groups in total. The normalized spacial score (nSPS) is 11.9. The summed E-state index contributed by atoms with van der Waals surface area (Å²) in [5, 5.41) is 11.4. The summed E-state index contributed by atoms with van der Waals surface area (Å²) in [5.74, 6) is 5.81. The van der Waals surface area contributed by atoms with Crippen molar-refractivity contribution in [1.29, 1.82) is 0 Å². The first-order chi connectivity index (χ1) is 28.0. The van der Waals surface area contributed by atoms with Crippen molar-refractivity contribution in [3.8, 4) is 42.8 Å². The Morgan fingerprint density at radius 1 is 0.603 bits per heavy atom. The number of hydrogen-bond acceptors (Lipinski definition) is 13. The molecule has 1 aromatic carbocycles. The van der Waals surface area contributed by atoms with Gasteiger partial charge in [-0.3, -0.25) is 19.2 Å². The molecule has 0 radical (unpaired) electrons. The fraction of sp³-hybridized carbons (Fsp3) is 0.600. The fourth-order valence-electron chi connectivity index (χ4n) is 4.94. The molecule has 0 aliphatic rings. The van der Waals surface area contributed by atoms with Crippen LogP contribution < -0.4 is 25.8 Å². The summed E-state index contributed by atoms with van der Waals surface area (Å²) >= 11 is 0. The highest BCUT2D eigenvalue weighted by Gasteiger charge is 2.34.